The number of aliphatic carboxylic acids is 1. The Hall–Kier alpha value is -2.02. The quantitative estimate of drug-likeness (QED) is 0.918. The van der Waals surface area contributed by atoms with Crippen molar-refractivity contribution in [3.8, 4) is 0 Å². The number of benzene rings is 1. The van der Waals surface area contributed by atoms with Crippen LogP contribution >= 0.6 is 0 Å². The van der Waals surface area contributed by atoms with Crippen LogP contribution in [0.25, 0.3) is 11.0 Å². The SMILES string of the molecule is O=C(O)CN(Cc1cc2ccccc2o1)CC(F)(F)F. The lowest BCUT2D eigenvalue weighted by Crippen LogP contribution is -2.37. The highest BCUT2D eigenvalue weighted by molar-refractivity contribution is 5.77. The van der Waals surface area contributed by atoms with Gasteiger partial charge in [0, 0.05) is 5.39 Å². The molecule has 2 aromatic rings. The highest BCUT2D eigenvalue weighted by Crippen LogP contribution is 2.22. The van der Waals surface area contributed by atoms with Crippen molar-refractivity contribution in [2.24, 2.45) is 0 Å². The molecule has 0 aliphatic rings. The lowest BCUT2D eigenvalue weighted by molar-refractivity contribution is -0.155. The van der Waals surface area contributed by atoms with Crippen LogP contribution in [-0.4, -0.2) is 35.2 Å². The van der Waals surface area contributed by atoms with Gasteiger partial charge in [-0.1, -0.05) is 18.2 Å². The van der Waals surface area contributed by atoms with Gasteiger partial charge < -0.3 is 9.52 Å². The zero-order valence-corrected chi connectivity index (χ0v) is 10.4. The molecule has 0 fully saturated rings. The minimum Gasteiger partial charge on any atom is -0.480 e. The molecule has 2 rings (SSSR count). The summed E-state index contributed by atoms with van der Waals surface area (Å²) in [7, 11) is 0. The Labute approximate surface area is 112 Å². The third-order valence-electron chi connectivity index (χ3n) is 2.62. The molecule has 108 valence electrons. The molecule has 1 aromatic carbocycles. The van der Waals surface area contributed by atoms with Gasteiger partial charge in [0.2, 0.25) is 0 Å². The summed E-state index contributed by atoms with van der Waals surface area (Å²) in [4.78, 5) is 11.4. The first-order valence-electron chi connectivity index (χ1n) is 5.82. The Balaban J connectivity index is 2.15. The summed E-state index contributed by atoms with van der Waals surface area (Å²) < 4.78 is 42.6. The van der Waals surface area contributed by atoms with E-state index >= 15 is 0 Å². The number of carboxylic acids is 1. The second kappa shape index (κ2) is 5.54. The van der Waals surface area contributed by atoms with Crippen LogP contribution in [0.5, 0.6) is 0 Å². The fourth-order valence-electron chi connectivity index (χ4n) is 1.95. The minimum absolute atomic E-state index is 0.208. The van der Waals surface area contributed by atoms with Gasteiger partial charge >= 0.3 is 12.1 Å². The normalized spacial score (nSPS) is 12.2. The van der Waals surface area contributed by atoms with E-state index in [1.54, 1.807) is 30.3 Å². The molecule has 0 spiro atoms. The van der Waals surface area contributed by atoms with Gasteiger partial charge in [0.25, 0.3) is 0 Å². The lowest BCUT2D eigenvalue weighted by Gasteiger charge is -2.20. The number of fused-ring (bicyclic) bond motifs is 1. The molecule has 4 nitrogen and oxygen atoms in total. The Kier molecular flexibility index (Phi) is 3.99. The maximum atomic E-state index is 12.4. The summed E-state index contributed by atoms with van der Waals surface area (Å²) in [5.41, 5.74) is 0.560. The molecular formula is C13H12F3NO3. The predicted molar refractivity (Wildman–Crippen MR) is 65.2 cm³/mol. The molecule has 0 saturated heterocycles. The molecule has 1 heterocycles. The predicted octanol–water partition coefficient (Wildman–Crippen LogP) is 2.88. The van der Waals surface area contributed by atoms with E-state index in [-0.39, 0.29) is 6.54 Å². The minimum atomic E-state index is -4.46. The van der Waals surface area contributed by atoms with Crippen LogP contribution in [0.3, 0.4) is 0 Å². The standard InChI is InChI=1S/C13H12F3NO3/c14-13(15,16)8-17(7-12(18)19)6-10-5-9-3-1-2-4-11(9)20-10/h1-5H,6-8H2,(H,18,19). The van der Waals surface area contributed by atoms with Crippen LogP contribution in [0.2, 0.25) is 0 Å². The highest BCUT2D eigenvalue weighted by Gasteiger charge is 2.32. The molecule has 0 unspecified atom stereocenters. The monoisotopic (exact) mass is 287 g/mol. The number of rotatable bonds is 5. The van der Waals surface area contributed by atoms with Crippen molar-refractivity contribution in [2.45, 2.75) is 12.7 Å². The molecule has 0 aliphatic carbocycles. The van der Waals surface area contributed by atoms with Crippen molar-refractivity contribution in [1.29, 1.82) is 0 Å². The van der Waals surface area contributed by atoms with Crippen LogP contribution in [0.15, 0.2) is 34.7 Å². The van der Waals surface area contributed by atoms with Crippen LogP contribution in [0, 0.1) is 0 Å². The molecule has 0 atom stereocenters. The van der Waals surface area contributed by atoms with E-state index in [0.29, 0.717) is 11.3 Å². The summed E-state index contributed by atoms with van der Waals surface area (Å²) in [5.74, 6) is -1.01. The summed E-state index contributed by atoms with van der Waals surface area (Å²) in [6.45, 7) is -2.20. The van der Waals surface area contributed by atoms with Crippen LogP contribution in [0.4, 0.5) is 13.2 Å². The second-order valence-electron chi connectivity index (χ2n) is 4.40. The first-order valence-corrected chi connectivity index (χ1v) is 5.82. The second-order valence-corrected chi connectivity index (χ2v) is 4.40. The highest BCUT2D eigenvalue weighted by atomic mass is 19.4. The van der Waals surface area contributed by atoms with Gasteiger partial charge in [0.05, 0.1) is 19.6 Å². The molecule has 1 aromatic heterocycles. The number of nitrogens with zero attached hydrogens (tertiary/aromatic N) is 1. The van der Waals surface area contributed by atoms with Gasteiger partial charge in [-0.05, 0) is 12.1 Å². The molecule has 20 heavy (non-hydrogen) atoms. The topological polar surface area (TPSA) is 53.7 Å². The van der Waals surface area contributed by atoms with Gasteiger partial charge in [0.1, 0.15) is 11.3 Å². The molecule has 1 N–H and O–H groups in total. The Morgan fingerprint density at radius 3 is 2.60 bits per heavy atom. The van der Waals surface area contributed by atoms with E-state index in [1.807, 2.05) is 0 Å². The summed E-state index contributed by atoms with van der Waals surface area (Å²) >= 11 is 0. The molecule has 0 aliphatic heterocycles. The van der Waals surface area contributed by atoms with E-state index in [2.05, 4.69) is 0 Å². The molecule has 0 saturated carbocycles. The third kappa shape index (κ3) is 3.99. The van der Waals surface area contributed by atoms with Crippen LogP contribution < -0.4 is 0 Å². The van der Waals surface area contributed by atoms with E-state index < -0.39 is 25.2 Å². The number of para-hydroxylation sites is 1. The first kappa shape index (κ1) is 14.4. The maximum absolute atomic E-state index is 12.4. The molecule has 0 radical (unpaired) electrons. The lowest BCUT2D eigenvalue weighted by atomic mass is 10.2. The van der Waals surface area contributed by atoms with E-state index in [0.717, 1.165) is 10.3 Å². The summed E-state index contributed by atoms with van der Waals surface area (Å²) in [6, 6.07) is 8.62. The number of hydrogen-bond acceptors (Lipinski definition) is 3. The average Bonchev–Trinajstić information content (AvgIpc) is 2.67. The van der Waals surface area contributed by atoms with Crippen molar-refractivity contribution >= 4 is 16.9 Å². The molecular weight excluding hydrogens is 275 g/mol. The molecule has 0 bridgehead atoms. The number of alkyl halides is 3. The fraction of sp³-hybridized carbons (Fsp3) is 0.308. The molecule has 0 amide bonds. The van der Waals surface area contributed by atoms with Crippen molar-refractivity contribution in [3.63, 3.8) is 0 Å². The average molecular weight is 287 g/mol. The largest absolute Gasteiger partial charge is 0.480 e. The Bertz CT molecular complexity index is 573. The van der Waals surface area contributed by atoms with Crippen LogP contribution in [0.1, 0.15) is 5.76 Å². The van der Waals surface area contributed by atoms with E-state index in [9.17, 15) is 18.0 Å². The van der Waals surface area contributed by atoms with Gasteiger partial charge in [0.15, 0.2) is 0 Å². The zero-order chi connectivity index (χ0) is 14.8. The van der Waals surface area contributed by atoms with E-state index in [4.69, 9.17) is 9.52 Å². The Morgan fingerprint density at radius 1 is 1.30 bits per heavy atom. The maximum Gasteiger partial charge on any atom is 0.401 e. The van der Waals surface area contributed by atoms with Crippen molar-refractivity contribution in [3.05, 3.63) is 36.1 Å². The van der Waals surface area contributed by atoms with E-state index in [1.165, 1.54) is 0 Å². The Morgan fingerprint density at radius 2 is 2.00 bits per heavy atom. The number of furan rings is 1. The van der Waals surface area contributed by atoms with Crippen LogP contribution in [-0.2, 0) is 11.3 Å². The van der Waals surface area contributed by atoms with Gasteiger partial charge in [-0.25, -0.2) is 0 Å². The third-order valence-corrected chi connectivity index (χ3v) is 2.62. The number of hydrogen-bond donors (Lipinski definition) is 1. The van der Waals surface area contributed by atoms with Crippen molar-refractivity contribution < 1.29 is 27.5 Å². The molecule has 7 heteroatoms. The smallest absolute Gasteiger partial charge is 0.401 e. The van der Waals surface area contributed by atoms with Gasteiger partial charge in [-0.15, -0.1) is 0 Å². The summed E-state index contributed by atoms with van der Waals surface area (Å²) in [6.07, 6.45) is -4.46. The number of carboxylic acid groups (broad SMARTS) is 1. The fourth-order valence-corrected chi connectivity index (χ4v) is 1.95. The van der Waals surface area contributed by atoms with Crippen molar-refractivity contribution in [1.82, 2.24) is 4.90 Å². The van der Waals surface area contributed by atoms with Gasteiger partial charge in [-0.2, -0.15) is 13.2 Å². The van der Waals surface area contributed by atoms with Gasteiger partial charge in [-0.3, -0.25) is 9.69 Å². The number of halogens is 3. The number of carbonyl (C=O) groups is 1. The zero-order valence-electron chi connectivity index (χ0n) is 10.4. The first-order chi connectivity index (χ1) is 9.33. The van der Waals surface area contributed by atoms with Crippen molar-refractivity contribution in [2.75, 3.05) is 13.1 Å². The summed E-state index contributed by atoms with van der Waals surface area (Å²) in [5, 5.41) is 9.43.